The van der Waals surface area contributed by atoms with E-state index in [-0.39, 0.29) is 35.1 Å². The van der Waals surface area contributed by atoms with Gasteiger partial charge >= 0.3 is 0 Å². The number of carbonyl (C=O) groups excluding carboxylic acids is 3. The molecule has 0 spiro atoms. The van der Waals surface area contributed by atoms with E-state index in [4.69, 9.17) is 5.73 Å². The summed E-state index contributed by atoms with van der Waals surface area (Å²) < 4.78 is 0. The number of phenols is 1. The predicted octanol–water partition coefficient (Wildman–Crippen LogP) is 2.93. The van der Waals surface area contributed by atoms with Crippen molar-refractivity contribution in [2.75, 3.05) is 14.1 Å². The molecule has 1 saturated carbocycles. The third kappa shape index (κ3) is 3.79. The van der Waals surface area contributed by atoms with Gasteiger partial charge < -0.3 is 26.2 Å². The lowest BCUT2D eigenvalue weighted by atomic mass is 9.57. The van der Waals surface area contributed by atoms with Crippen molar-refractivity contribution in [3.8, 4) is 16.9 Å². The number of nitrogens with zero attached hydrogens (tertiary/aromatic N) is 1. The fraction of sp³-hybridized carbons (Fsp3) is 0.387. The lowest BCUT2D eigenvalue weighted by Crippen LogP contribution is -2.65. The van der Waals surface area contributed by atoms with E-state index >= 15 is 0 Å². The molecule has 40 heavy (non-hydrogen) atoms. The molecule has 0 radical (unpaired) electrons. The molecule has 0 aromatic heterocycles. The number of phenolic OH excluding ortho intramolecular Hbond substituents is 1. The van der Waals surface area contributed by atoms with Gasteiger partial charge in [-0.1, -0.05) is 51.1 Å². The average Bonchev–Trinajstić information content (AvgIpc) is 2.85. The van der Waals surface area contributed by atoms with Crippen molar-refractivity contribution in [2.24, 2.45) is 17.6 Å². The summed E-state index contributed by atoms with van der Waals surface area (Å²) in [6.07, 6.45) is 0.281. The molecule has 9 nitrogen and oxygen atoms in total. The van der Waals surface area contributed by atoms with Crippen LogP contribution in [0.3, 0.4) is 0 Å². The topological polar surface area (TPSA) is 161 Å². The molecule has 1 unspecified atom stereocenters. The van der Waals surface area contributed by atoms with E-state index in [0.29, 0.717) is 5.56 Å². The lowest BCUT2D eigenvalue weighted by molar-refractivity contribution is -0.153. The Kier molecular flexibility index (Phi) is 6.24. The quantitative estimate of drug-likeness (QED) is 0.367. The number of fused-ring (bicyclic) bond motifs is 3. The highest BCUT2D eigenvalue weighted by Gasteiger charge is 2.64. The zero-order valence-electron chi connectivity index (χ0n) is 23.1. The van der Waals surface area contributed by atoms with E-state index in [9.17, 15) is 34.8 Å². The van der Waals surface area contributed by atoms with E-state index in [1.807, 2.05) is 24.3 Å². The van der Waals surface area contributed by atoms with Crippen LogP contribution in [0.25, 0.3) is 16.9 Å². The van der Waals surface area contributed by atoms with Gasteiger partial charge in [-0.25, -0.2) is 0 Å². The van der Waals surface area contributed by atoms with Gasteiger partial charge in [-0.15, -0.1) is 0 Å². The van der Waals surface area contributed by atoms with Crippen molar-refractivity contribution in [1.29, 1.82) is 0 Å². The number of primary amides is 1. The van der Waals surface area contributed by atoms with Crippen molar-refractivity contribution < 1.29 is 34.8 Å². The van der Waals surface area contributed by atoms with Crippen LogP contribution >= 0.6 is 0 Å². The molecule has 1 amide bonds. The van der Waals surface area contributed by atoms with Gasteiger partial charge in [0, 0.05) is 11.5 Å². The van der Waals surface area contributed by atoms with Crippen LogP contribution in [0, 0.1) is 11.8 Å². The largest absolute Gasteiger partial charge is 0.508 e. The summed E-state index contributed by atoms with van der Waals surface area (Å²) in [5.41, 5.74) is 5.18. The molecule has 6 N–H and O–H groups in total. The summed E-state index contributed by atoms with van der Waals surface area (Å²) >= 11 is 0. The maximum absolute atomic E-state index is 14.0. The molecule has 0 aliphatic heterocycles. The lowest BCUT2D eigenvalue weighted by Gasteiger charge is -2.50. The number of amides is 1. The molecule has 3 aliphatic rings. The first-order valence-electron chi connectivity index (χ1n) is 13.2. The SMILES string of the molecule is CN(C)C1C(=O)C(C(N)=O)=C(O)[C@]2(O)C(=O)C3=C(O)c4c(O)ccc(-c5ccc(C(C)(C)C)cc5)c4C[C@@H]3C[C@H]12. The minimum Gasteiger partial charge on any atom is -0.508 e. The number of aromatic hydroxyl groups is 1. The van der Waals surface area contributed by atoms with Crippen LogP contribution in [-0.4, -0.2) is 68.5 Å². The molecular formula is C31H34N2O7. The van der Waals surface area contributed by atoms with E-state index in [2.05, 4.69) is 20.8 Å². The van der Waals surface area contributed by atoms with Crippen LogP contribution in [-0.2, 0) is 26.2 Å². The third-order valence-electron chi connectivity index (χ3n) is 8.67. The highest BCUT2D eigenvalue weighted by atomic mass is 16.3. The Morgan fingerprint density at radius 3 is 2.20 bits per heavy atom. The molecule has 0 saturated heterocycles. The molecule has 2 aromatic carbocycles. The molecule has 0 heterocycles. The molecule has 1 fully saturated rings. The smallest absolute Gasteiger partial charge is 0.255 e. The van der Waals surface area contributed by atoms with E-state index in [1.54, 1.807) is 20.2 Å². The second kappa shape index (κ2) is 9.04. The first kappa shape index (κ1) is 27.6. The van der Waals surface area contributed by atoms with E-state index in [0.717, 1.165) is 16.7 Å². The van der Waals surface area contributed by atoms with Gasteiger partial charge in [-0.2, -0.15) is 0 Å². The number of aliphatic hydroxyl groups excluding tert-OH is 2. The highest BCUT2D eigenvalue weighted by Crippen LogP contribution is 2.53. The van der Waals surface area contributed by atoms with E-state index < -0.39 is 58.0 Å². The number of ketones is 2. The number of hydrogen-bond acceptors (Lipinski definition) is 8. The van der Waals surface area contributed by atoms with Gasteiger partial charge in [0.2, 0.25) is 5.78 Å². The van der Waals surface area contributed by atoms with Crippen LogP contribution in [0.4, 0.5) is 0 Å². The molecular weight excluding hydrogens is 512 g/mol. The van der Waals surface area contributed by atoms with Crippen molar-refractivity contribution >= 4 is 23.2 Å². The molecule has 3 aliphatic carbocycles. The normalized spacial score (nSPS) is 26.5. The molecule has 9 heteroatoms. The second-order valence-corrected chi connectivity index (χ2v) is 12.3. The summed E-state index contributed by atoms with van der Waals surface area (Å²) in [4.78, 5) is 40.8. The average molecular weight is 547 g/mol. The fourth-order valence-electron chi connectivity index (χ4n) is 6.66. The molecule has 2 aromatic rings. The number of carbonyl (C=O) groups is 3. The Labute approximate surface area is 232 Å². The van der Waals surface area contributed by atoms with Crippen LogP contribution in [0.5, 0.6) is 5.75 Å². The second-order valence-electron chi connectivity index (χ2n) is 12.3. The number of aliphatic hydroxyl groups is 3. The van der Waals surface area contributed by atoms with Crippen molar-refractivity contribution in [3.05, 3.63) is 70.0 Å². The Hall–Kier alpha value is -3.95. The Bertz CT molecular complexity index is 1530. The van der Waals surface area contributed by atoms with Crippen molar-refractivity contribution in [3.63, 3.8) is 0 Å². The molecule has 4 atom stereocenters. The molecule has 210 valence electrons. The number of likely N-dealkylation sites (N-methyl/N-ethyl adjacent to an activating group) is 1. The monoisotopic (exact) mass is 546 g/mol. The molecule has 5 rings (SSSR count). The molecule has 0 bridgehead atoms. The summed E-state index contributed by atoms with van der Waals surface area (Å²) in [5, 5.41) is 44.9. The number of benzene rings is 2. The standard InChI is InChI=1S/C31H34N2O7/c1-30(2,3)16-8-6-14(7-9-16)17-10-11-20(34)22-18(17)12-15-13-19-24(33(4)5)26(36)23(29(32)39)28(38)31(19,40)27(37)21(15)25(22)35/h6-11,15,19,24,34-35,38,40H,12-13H2,1-5H3,(H2,32,39)/t15-,19-,24?,31-/m1/s1. The van der Waals surface area contributed by atoms with Gasteiger partial charge in [0.25, 0.3) is 5.91 Å². The number of Topliss-reactive ketones (excluding diaryl/α,β-unsaturated/α-hetero) is 2. The van der Waals surface area contributed by atoms with Crippen LogP contribution < -0.4 is 5.73 Å². The maximum Gasteiger partial charge on any atom is 0.255 e. The summed E-state index contributed by atoms with van der Waals surface area (Å²) in [6.45, 7) is 6.35. The minimum absolute atomic E-state index is 0.0448. The minimum atomic E-state index is -2.65. The first-order chi connectivity index (χ1) is 18.6. The van der Waals surface area contributed by atoms with Gasteiger partial charge in [0.1, 0.15) is 22.8 Å². The Morgan fingerprint density at radius 1 is 1.02 bits per heavy atom. The van der Waals surface area contributed by atoms with Gasteiger partial charge in [0.05, 0.1) is 11.6 Å². The van der Waals surface area contributed by atoms with Crippen LogP contribution in [0.15, 0.2) is 53.3 Å². The summed E-state index contributed by atoms with van der Waals surface area (Å²) in [6, 6.07) is 10.1. The van der Waals surface area contributed by atoms with Gasteiger partial charge in [0.15, 0.2) is 11.4 Å². The first-order valence-corrected chi connectivity index (χ1v) is 13.2. The van der Waals surface area contributed by atoms with Crippen molar-refractivity contribution in [1.82, 2.24) is 4.90 Å². The van der Waals surface area contributed by atoms with Crippen molar-refractivity contribution in [2.45, 2.75) is 50.7 Å². The fourth-order valence-corrected chi connectivity index (χ4v) is 6.66. The maximum atomic E-state index is 14.0. The Morgan fingerprint density at radius 2 is 1.65 bits per heavy atom. The number of rotatable bonds is 3. The Balaban J connectivity index is 1.70. The number of nitrogens with two attached hydrogens (primary N) is 1. The van der Waals surface area contributed by atoms with Crippen LogP contribution in [0.2, 0.25) is 0 Å². The third-order valence-corrected chi connectivity index (χ3v) is 8.67. The van der Waals surface area contributed by atoms with Gasteiger partial charge in [-0.05, 0) is 66.6 Å². The van der Waals surface area contributed by atoms with E-state index in [1.165, 1.54) is 11.0 Å². The van der Waals surface area contributed by atoms with Gasteiger partial charge in [-0.3, -0.25) is 19.3 Å². The summed E-state index contributed by atoms with van der Waals surface area (Å²) in [7, 11) is 3.15. The zero-order chi connectivity index (χ0) is 29.5. The highest BCUT2D eigenvalue weighted by molar-refractivity contribution is 6.24. The van der Waals surface area contributed by atoms with Crippen LogP contribution in [0.1, 0.15) is 43.9 Å². The zero-order valence-corrected chi connectivity index (χ0v) is 23.1. The number of hydrogen-bond donors (Lipinski definition) is 5. The predicted molar refractivity (Wildman–Crippen MR) is 148 cm³/mol. The summed E-state index contributed by atoms with van der Waals surface area (Å²) in [5.74, 6) is -6.63.